The Morgan fingerprint density at radius 2 is 1.14 bits per heavy atom. The van der Waals surface area contributed by atoms with E-state index in [-0.39, 0.29) is 0 Å². The molecule has 6 heteroatoms. The normalized spacial score (nSPS) is 22.3. The molecule has 0 aromatic heterocycles. The van der Waals surface area contributed by atoms with Crippen LogP contribution in [0.15, 0.2) is 58.5 Å². The molecule has 6 nitrogen and oxygen atoms in total. The third kappa shape index (κ3) is 4.36. The molecule has 150 valence electrons. The van der Waals surface area contributed by atoms with Crippen molar-refractivity contribution >= 4 is 11.7 Å². The van der Waals surface area contributed by atoms with Crippen LogP contribution in [0.2, 0.25) is 0 Å². The molecule has 2 N–H and O–H groups in total. The van der Waals surface area contributed by atoms with Crippen molar-refractivity contribution in [3.63, 3.8) is 0 Å². The zero-order valence-electron chi connectivity index (χ0n) is 16.4. The number of nitrogens with one attached hydrogen (secondary N) is 2. The van der Waals surface area contributed by atoms with Crippen molar-refractivity contribution in [1.29, 1.82) is 0 Å². The molecule has 3 aliphatic rings. The Hall–Kier alpha value is -3.02. The van der Waals surface area contributed by atoms with Gasteiger partial charge in [0.15, 0.2) is 0 Å². The molecule has 1 fully saturated rings. The van der Waals surface area contributed by atoms with Gasteiger partial charge >= 0.3 is 0 Å². The van der Waals surface area contributed by atoms with Gasteiger partial charge in [0.05, 0.1) is 26.3 Å². The Morgan fingerprint density at radius 3 is 1.52 bits per heavy atom. The highest BCUT2D eigenvalue weighted by Gasteiger charge is 2.38. The van der Waals surface area contributed by atoms with Gasteiger partial charge in [-0.3, -0.25) is 9.98 Å². The zero-order chi connectivity index (χ0) is 19.5. The zero-order valence-corrected chi connectivity index (χ0v) is 16.4. The predicted octanol–water partition coefficient (Wildman–Crippen LogP) is 2.48. The van der Waals surface area contributed by atoms with Crippen molar-refractivity contribution in [2.45, 2.75) is 6.42 Å². The third-order valence-electron chi connectivity index (χ3n) is 5.60. The minimum atomic E-state index is 0.576. The van der Waals surface area contributed by atoms with Crippen molar-refractivity contribution in [1.82, 2.24) is 10.6 Å². The van der Waals surface area contributed by atoms with Crippen molar-refractivity contribution < 1.29 is 9.47 Å². The van der Waals surface area contributed by atoms with Gasteiger partial charge in [-0.05, 0) is 66.8 Å². The summed E-state index contributed by atoms with van der Waals surface area (Å²) in [6, 6.07) is 16.4. The Labute approximate surface area is 171 Å². The Bertz CT molecular complexity index is 830. The molecule has 1 saturated carbocycles. The van der Waals surface area contributed by atoms with E-state index in [1.165, 1.54) is 0 Å². The maximum atomic E-state index is 5.97. The lowest BCUT2D eigenvalue weighted by Gasteiger charge is -2.09. The first kappa shape index (κ1) is 18.0. The van der Waals surface area contributed by atoms with E-state index in [9.17, 15) is 0 Å². The van der Waals surface area contributed by atoms with E-state index >= 15 is 0 Å². The lowest BCUT2D eigenvalue weighted by molar-refractivity contribution is 0.256. The fraction of sp³-hybridized carbons (Fsp3) is 0.391. The maximum absolute atomic E-state index is 5.97. The van der Waals surface area contributed by atoms with Gasteiger partial charge in [0.25, 0.3) is 0 Å². The van der Waals surface area contributed by atoms with Gasteiger partial charge in [-0.1, -0.05) is 0 Å². The van der Waals surface area contributed by atoms with E-state index in [1.54, 1.807) is 0 Å². The van der Waals surface area contributed by atoms with Gasteiger partial charge in [-0.2, -0.15) is 0 Å². The van der Waals surface area contributed by atoms with E-state index in [2.05, 4.69) is 44.9 Å². The summed E-state index contributed by atoms with van der Waals surface area (Å²) < 4.78 is 11.9. The van der Waals surface area contributed by atoms with Gasteiger partial charge in [0, 0.05) is 24.2 Å². The van der Waals surface area contributed by atoms with E-state index in [0.717, 1.165) is 80.1 Å². The topological polar surface area (TPSA) is 67.2 Å². The average Bonchev–Trinajstić information content (AvgIpc) is 3.18. The smallest absolute Gasteiger partial charge is 0.128 e. The van der Waals surface area contributed by atoms with Crippen LogP contribution in [-0.4, -0.2) is 51.1 Å². The summed E-state index contributed by atoms with van der Waals surface area (Å²) in [5.74, 6) is 4.95. The van der Waals surface area contributed by atoms with E-state index in [0.29, 0.717) is 11.8 Å². The molecule has 2 aromatic carbocycles. The van der Waals surface area contributed by atoms with E-state index in [4.69, 9.17) is 9.47 Å². The van der Waals surface area contributed by atoms with Crippen LogP contribution in [0.5, 0.6) is 11.5 Å². The summed E-state index contributed by atoms with van der Waals surface area (Å²) in [6.07, 6.45) is 1.16. The summed E-state index contributed by atoms with van der Waals surface area (Å²) in [4.78, 5) is 8.88. The number of aliphatic imine (C=N–C) groups is 2. The largest absolute Gasteiger partial charge is 0.493 e. The van der Waals surface area contributed by atoms with Crippen LogP contribution in [0.4, 0.5) is 0 Å². The highest BCUT2D eigenvalue weighted by atomic mass is 16.5. The molecule has 5 rings (SSSR count). The number of rotatable bonds is 8. The molecule has 2 heterocycles. The van der Waals surface area contributed by atoms with Gasteiger partial charge < -0.3 is 20.1 Å². The lowest BCUT2D eigenvalue weighted by atomic mass is 10.2. The Morgan fingerprint density at radius 1 is 0.690 bits per heavy atom. The van der Waals surface area contributed by atoms with Crippen LogP contribution in [-0.2, 0) is 0 Å². The predicted molar refractivity (Wildman–Crippen MR) is 114 cm³/mol. The van der Waals surface area contributed by atoms with Gasteiger partial charge in [0.2, 0.25) is 0 Å². The van der Waals surface area contributed by atoms with Crippen LogP contribution >= 0.6 is 0 Å². The number of ether oxygens (including phenoxy) is 2. The quantitative estimate of drug-likeness (QED) is 0.727. The van der Waals surface area contributed by atoms with Crippen LogP contribution in [0.1, 0.15) is 17.5 Å². The Balaban J connectivity index is 1.04. The monoisotopic (exact) mass is 390 g/mol. The molecule has 2 atom stereocenters. The van der Waals surface area contributed by atoms with E-state index in [1.807, 2.05) is 24.3 Å². The van der Waals surface area contributed by atoms with E-state index < -0.39 is 0 Å². The standard InChI is InChI=1S/C23H26N4O2/c1-5-20(6-2-16(1)22-24-9-10-25-22)28-14-18-13-19(18)15-29-21-7-3-17(4-8-21)23-26-11-12-27-23/h1-8,18-19H,9-15H2,(H,24,25)(H,26,27)/t18-,19-/m0/s1. The molecule has 2 aromatic rings. The third-order valence-corrected chi connectivity index (χ3v) is 5.60. The number of amidine groups is 2. The fourth-order valence-electron chi connectivity index (χ4n) is 3.73. The Kier molecular flexibility index (Phi) is 5.07. The van der Waals surface area contributed by atoms with Crippen molar-refractivity contribution in [2.24, 2.45) is 21.8 Å². The summed E-state index contributed by atoms with van der Waals surface area (Å²) in [5, 5.41) is 6.58. The van der Waals surface area contributed by atoms with Crippen molar-refractivity contribution in [3.8, 4) is 11.5 Å². The second-order valence-corrected chi connectivity index (χ2v) is 7.74. The molecule has 0 bridgehead atoms. The minimum Gasteiger partial charge on any atom is -0.493 e. The molecule has 0 spiro atoms. The van der Waals surface area contributed by atoms with Crippen LogP contribution in [0.3, 0.4) is 0 Å². The van der Waals surface area contributed by atoms with Crippen molar-refractivity contribution in [3.05, 3.63) is 59.7 Å². The minimum absolute atomic E-state index is 0.576. The maximum Gasteiger partial charge on any atom is 0.128 e. The first-order valence-electron chi connectivity index (χ1n) is 10.4. The molecule has 0 radical (unpaired) electrons. The first-order valence-corrected chi connectivity index (χ1v) is 10.4. The van der Waals surface area contributed by atoms with Crippen LogP contribution < -0.4 is 20.1 Å². The van der Waals surface area contributed by atoms with Gasteiger partial charge in [-0.25, -0.2) is 0 Å². The van der Waals surface area contributed by atoms with Crippen LogP contribution in [0.25, 0.3) is 0 Å². The molecule has 0 saturated heterocycles. The number of nitrogens with zero attached hydrogens (tertiary/aromatic N) is 2. The first-order chi connectivity index (χ1) is 14.3. The second kappa shape index (κ2) is 8.15. The number of benzene rings is 2. The SMILES string of the molecule is c1cc(C2=NCCN2)ccc1OC[C@@H]1C[C@H]1COc1ccc(C2=NCCN2)cc1. The molecule has 0 unspecified atom stereocenters. The summed E-state index contributed by atoms with van der Waals surface area (Å²) in [5.41, 5.74) is 2.24. The second-order valence-electron chi connectivity index (χ2n) is 7.74. The number of hydrogen-bond donors (Lipinski definition) is 2. The van der Waals surface area contributed by atoms with Crippen LogP contribution in [0, 0.1) is 11.8 Å². The highest BCUT2D eigenvalue weighted by molar-refractivity contribution is 6.00. The molecule has 2 aliphatic heterocycles. The lowest BCUT2D eigenvalue weighted by Crippen LogP contribution is -2.19. The van der Waals surface area contributed by atoms with Crippen molar-refractivity contribution in [2.75, 3.05) is 39.4 Å². The summed E-state index contributed by atoms with van der Waals surface area (Å²) in [6.45, 7) is 5.06. The molecule has 1 aliphatic carbocycles. The van der Waals surface area contributed by atoms with Gasteiger partial charge in [0.1, 0.15) is 23.2 Å². The molecular weight excluding hydrogens is 364 g/mol. The summed E-state index contributed by atoms with van der Waals surface area (Å²) >= 11 is 0. The summed E-state index contributed by atoms with van der Waals surface area (Å²) in [7, 11) is 0. The van der Waals surface area contributed by atoms with Gasteiger partial charge in [-0.15, -0.1) is 0 Å². The fourth-order valence-corrected chi connectivity index (χ4v) is 3.73. The number of hydrogen-bond acceptors (Lipinski definition) is 6. The highest BCUT2D eigenvalue weighted by Crippen LogP contribution is 2.39. The molecule has 29 heavy (non-hydrogen) atoms. The molecule has 0 amide bonds. The molecular formula is C23H26N4O2. The average molecular weight is 390 g/mol.